The van der Waals surface area contributed by atoms with E-state index in [4.69, 9.17) is 0 Å². The molecule has 1 aromatic carbocycles. The zero-order valence-electron chi connectivity index (χ0n) is 7.29. The van der Waals surface area contributed by atoms with Gasteiger partial charge in [0.15, 0.2) is 0 Å². The largest absolute Gasteiger partial charge is 2.00 e. The van der Waals surface area contributed by atoms with Gasteiger partial charge in [0.1, 0.15) is 0 Å². The topological polar surface area (TPSA) is 0 Å². The first-order valence-electron chi connectivity index (χ1n) is 3.53. The van der Waals surface area contributed by atoms with Crippen LogP contribution >= 0.6 is 11.6 Å². The summed E-state index contributed by atoms with van der Waals surface area (Å²) in [6.07, 6.45) is 2.72. The maximum Gasteiger partial charge on any atom is 2.00 e. The molecule has 70 valence electrons. The fraction of sp³-hybridized carbons (Fsp3) is 0.300. The van der Waals surface area contributed by atoms with Gasteiger partial charge in [-0.05, 0) is 0 Å². The Morgan fingerprint density at radius 2 is 2.00 bits per heavy atom. The van der Waals surface area contributed by atoms with Gasteiger partial charge in [0.25, 0.3) is 0 Å². The average Bonchev–Trinajstić information content (AvgIpc) is 2.10. The van der Waals surface area contributed by atoms with Gasteiger partial charge in [0.2, 0.25) is 0 Å². The van der Waals surface area contributed by atoms with E-state index in [2.05, 4.69) is 44.0 Å². The van der Waals surface area contributed by atoms with Crippen molar-refractivity contribution in [3.05, 3.63) is 42.3 Å². The number of benzene rings is 1. The van der Waals surface area contributed by atoms with Crippen molar-refractivity contribution in [2.75, 3.05) is 0 Å². The third-order valence-electron chi connectivity index (χ3n) is 1.40. The van der Waals surface area contributed by atoms with E-state index in [-0.39, 0.29) is 20.4 Å². The Bertz CT molecular complexity index is 172. The van der Waals surface area contributed by atoms with Crippen molar-refractivity contribution in [2.45, 2.75) is 19.8 Å². The second-order valence-electron chi connectivity index (χ2n) is 2.49. The van der Waals surface area contributed by atoms with Crippen LogP contribution in [0, 0.1) is 12.4 Å². The quantitative estimate of drug-likeness (QED) is 0.542. The second kappa shape index (κ2) is 9.26. The molecule has 0 atom stereocenters. The molecule has 0 saturated heterocycles. The normalized spacial score (nSPS) is 8.08. The summed E-state index contributed by atoms with van der Waals surface area (Å²) < 4.78 is 0. The summed E-state index contributed by atoms with van der Waals surface area (Å²) in [4.78, 5) is 0. The minimum atomic E-state index is 0. The maximum absolute atomic E-state index is 4.39. The van der Waals surface area contributed by atoms with Crippen molar-refractivity contribution in [1.82, 2.24) is 0 Å². The molecule has 0 nitrogen and oxygen atoms in total. The smallest absolute Gasteiger partial charge is 0.352 e. The number of hydrogen-bond acceptors (Lipinski definition) is 0. The maximum atomic E-state index is 4.39. The first kappa shape index (κ1) is 14.7. The van der Waals surface area contributed by atoms with Gasteiger partial charge in [-0.15, -0.1) is 0 Å². The molecule has 0 spiro atoms. The van der Waals surface area contributed by atoms with Gasteiger partial charge < -0.3 is 11.6 Å². The summed E-state index contributed by atoms with van der Waals surface area (Å²) in [6, 6.07) is 11.1. The SMILES string of the molecule is CC(C)c1c[c-]ccc1.[CH2-]Cl.[Pd+2]. The molecule has 0 N–H and O–H groups in total. The van der Waals surface area contributed by atoms with Crippen LogP contribution in [0.15, 0.2) is 24.3 Å². The molecule has 1 aromatic rings. The van der Waals surface area contributed by atoms with Crippen LogP contribution in [-0.4, -0.2) is 0 Å². The molecule has 0 aromatic heterocycles. The third-order valence-corrected chi connectivity index (χ3v) is 1.40. The van der Waals surface area contributed by atoms with E-state index < -0.39 is 0 Å². The monoisotopic (exact) mass is 274 g/mol. The van der Waals surface area contributed by atoms with Gasteiger partial charge >= 0.3 is 20.4 Å². The predicted molar refractivity (Wildman–Crippen MR) is 50.6 cm³/mol. The van der Waals surface area contributed by atoms with Crippen LogP contribution in [0.5, 0.6) is 0 Å². The fourth-order valence-corrected chi connectivity index (χ4v) is 0.766. The van der Waals surface area contributed by atoms with Crippen molar-refractivity contribution >= 4 is 11.6 Å². The summed E-state index contributed by atoms with van der Waals surface area (Å²) in [5, 5.41) is 0. The standard InChI is InChI=1S/C9H11.CH2Cl.Pd/c1-8(2)9-6-4-3-5-7-9;1-2;/h3-4,6-8H,1-2H3;1H2;/q2*-1;+2. The third kappa shape index (κ3) is 5.78. The fourth-order valence-electron chi connectivity index (χ4n) is 0.766. The zero-order valence-corrected chi connectivity index (χ0v) is 9.60. The van der Waals surface area contributed by atoms with Gasteiger partial charge in [-0.1, -0.05) is 19.8 Å². The van der Waals surface area contributed by atoms with Crippen LogP contribution in [0.2, 0.25) is 0 Å². The van der Waals surface area contributed by atoms with E-state index in [1.54, 1.807) is 0 Å². The summed E-state index contributed by atoms with van der Waals surface area (Å²) >= 11 is 4.39. The molecule has 1 rings (SSSR count). The van der Waals surface area contributed by atoms with Crippen molar-refractivity contribution in [3.63, 3.8) is 0 Å². The molecule has 0 aliphatic carbocycles. The van der Waals surface area contributed by atoms with Crippen molar-refractivity contribution in [1.29, 1.82) is 0 Å². The molecular weight excluding hydrogens is 262 g/mol. The average molecular weight is 275 g/mol. The molecule has 2 heteroatoms. The van der Waals surface area contributed by atoms with Gasteiger partial charge in [-0.2, -0.15) is 35.9 Å². The molecule has 0 aliphatic rings. The van der Waals surface area contributed by atoms with E-state index >= 15 is 0 Å². The summed E-state index contributed by atoms with van der Waals surface area (Å²) in [6.45, 7) is 4.37. The van der Waals surface area contributed by atoms with Crippen molar-refractivity contribution in [2.24, 2.45) is 0 Å². The zero-order chi connectivity index (χ0) is 8.69. The van der Waals surface area contributed by atoms with Crippen molar-refractivity contribution < 1.29 is 20.4 Å². The Hall–Kier alpha value is 0.172. The number of rotatable bonds is 1. The number of halogens is 1. The molecule has 0 saturated carbocycles. The van der Waals surface area contributed by atoms with Crippen LogP contribution in [0.1, 0.15) is 25.3 Å². The van der Waals surface area contributed by atoms with Crippen LogP contribution in [0.4, 0.5) is 0 Å². The summed E-state index contributed by atoms with van der Waals surface area (Å²) in [5.41, 5.74) is 1.36. The Labute approximate surface area is 94.0 Å². The molecule has 0 aliphatic heterocycles. The molecule has 0 fully saturated rings. The van der Waals surface area contributed by atoms with Gasteiger partial charge in [0, 0.05) is 0 Å². The Balaban J connectivity index is 0. The van der Waals surface area contributed by atoms with Gasteiger partial charge in [0.05, 0.1) is 0 Å². The van der Waals surface area contributed by atoms with E-state index in [1.165, 1.54) is 5.56 Å². The predicted octanol–water partition coefficient (Wildman–Crippen LogP) is 3.62. The minimum absolute atomic E-state index is 0. The first-order chi connectivity index (χ1) is 5.30. The van der Waals surface area contributed by atoms with E-state index in [0.717, 1.165) is 0 Å². The van der Waals surface area contributed by atoms with E-state index in [9.17, 15) is 0 Å². The van der Waals surface area contributed by atoms with Gasteiger partial charge in [-0.25, -0.2) is 0 Å². The van der Waals surface area contributed by atoms with Crippen LogP contribution in [0.25, 0.3) is 0 Å². The molecular formula is C10H13ClPd. The second-order valence-corrected chi connectivity index (χ2v) is 2.49. The van der Waals surface area contributed by atoms with Crippen LogP contribution in [0.3, 0.4) is 0 Å². The minimum Gasteiger partial charge on any atom is -0.352 e. The molecule has 0 bridgehead atoms. The summed E-state index contributed by atoms with van der Waals surface area (Å²) in [7, 11) is 0. The molecule has 0 unspecified atom stereocenters. The van der Waals surface area contributed by atoms with E-state index in [1.807, 2.05) is 18.2 Å². The Kier molecular flexibility index (Phi) is 11.3. The van der Waals surface area contributed by atoms with Crippen LogP contribution < -0.4 is 0 Å². The molecule has 0 amide bonds. The first-order valence-corrected chi connectivity index (χ1v) is 4.07. The molecule has 0 radical (unpaired) electrons. The van der Waals surface area contributed by atoms with E-state index in [0.29, 0.717) is 5.92 Å². The molecule has 0 heterocycles. The van der Waals surface area contributed by atoms with Gasteiger partial charge in [-0.3, -0.25) is 6.38 Å². The Morgan fingerprint density at radius 3 is 2.25 bits per heavy atom. The number of hydrogen-bond donors (Lipinski definition) is 0. The van der Waals surface area contributed by atoms with Crippen molar-refractivity contribution in [3.8, 4) is 0 Å². The summed E-state index contributed by atoms with van der Waals surface area (Å²) in [5.74, 6) is 0.627. The Morgan fingerprint density at radius 1 is 1.42 bits per heavy atom. The van der Waals surface area contributed by atoms with Crippen LogP contribution in [-0.2, 0) is 20.4 Å². The molecule has 12 heavy (non-hydrogen) atoms.